The molecule has 152 valence electrons. The third-order valence-electron chi connectivity index (χ3n) is 4.96. The fourth-order valence-electron chi connectivity index (χ4n) is 3.30. The highest BCUT2D eigenvalue weighted by molar-refractivity contribution is 6.01. The van der Waals surface area contributed by atoms with Crippen LogP contribution in [0.1, 0.15) is 60.2 Å². The van der Waals surface area contributed by atoms with Gasteiger partial charge in [-0.25, -0.2) is 9.59 Å². The molecule has 1 fully saturated rings. The molecule has 0 atom stereocenters. The monoisotopic (exact) mass is 392 g/mol. The Kier molecular flexibility index (Phi) is 6.71. The van der Waals surface area contributed by atoms with Crippen LogP contribution in [-0.4, -0.2) is 42.0 Å². The van der Waals surface area contributed by atoms with Gasteiger partial charge in [-0.05, 0) is 44.6 Å². The lowest BCUT2D eigenvalue weighted by atomic mass is 9.77. The number of esters is 2. The van der Waals surface area contributed by atoms with Crippen molar-refractivity contribution in [1.29, 1.82) is 0 Å². The predicted molar refractivity (Wildman–Crippen MR) is 98.9 cm³/mol. The Labute approximate surface area is 162 Å². The van der Waals surface area contributed by atoms with E-state index in [-0.39, 0.29) is 17.7 Å². The van der Waals surface area contributed by atoms with Crippen LogP contribution in [0.2, 0.25) is 0 Å². The number of carbonyl (C=O) groups is 3. The first-order valence-corrected chi connectivity index (χ1v) is 9.10. The molecule has 0 bridgehead atoms. The molecule has 0 aliphatic heterocycles. The highest BCUT2D eigenvalue weighted by Gasteiger charge is 2.43. The summed E-state index contributed by atoms with van der Waals surface area (Å²) in [6.45, 7) is 3.76. The number of nitrogens with zero attached hydrogens (tertiary/aromatic N) is 1. The van der Waals surface area contributed by atoms with Gasteiger partial charge in [0.05, 0.1) is 24.2 Å². The summed E-state index contributed by atoms with van der Waals surface area (Å²) in [6.07, 6.45) is 2.29. The number of hydrogen-bond donors (Lipinski definition) is 1. The van der Waals surface area contributed by atoms with Gasteiger partial charge < -0.3 is 14.8 Å². The number of ether oxygens (including phenoxy) is 2. The van der Waals surface area contributed by atoms with Crippen LogP contribution in [0.5, 0.6) is 0 Å². The molecule has 28 heavy (non-hydrogen) atoms. The van der Waals surface area contributed by atoms with Gasteiger partial charge in [0, 0.05) is 17.7 Å². The molecule has 1 aromatic carbocycles. The van der Waals surface area contributed by atoms with Crippen LogP contribution in [0.3, 0.4) is 0 Å². The summed E-state index contributed by atoms with van der Waals surface area (Å²) < 4.78 is 9.75. The smallest absolute Gasteiger partial charge is 0.338 e. The molecule has 0 aromatic heterocycles. The molecule has 1 N–H and O–H groups in total. The Balaban J connectivity index is 2.37. The van der Waals surface area contributed by atoms with Gasteiger partial charge in [0.25, 0.3) is 11.6 Å². The standard InChI is InChI=1S/C19H24N2O7/c1-4-28-17(23)14-9-13(10-15(11-14)21(25)26)16(22)20-19(18(24)27-3)7-5-12(2)6-8-19/h9-12H,4-8H2,1-3H3,(H,20,22). The number of rotatable bonds is 6. The van der Waals surface area contributed by atoms with Gasteiger partial charge in [0.2, 0.25) is 0 Å². The van der Waals surface area contributed by atoms with E-state index in [9.17, 15) is 24.5 Å². The second kappa shape index (κ2) is 8.81. The lowest BCUT2D eigenvalue weighted by Gasteiger charge is -2.37. The number of non-ortho nitro benzene ring substituents is 1. The SMILES string of the molecule is CCOC(=O)c1cc(C(=O)NC2(C(=O)OC)CCC(C)CC2)cc([N+](=O)[O-])c1. The average Bonchev–Trinajstić information content (AvgIpc) is 2.68. The van der Waals surface area contributed by atoms with Crippen molar-refractivity contribution in [2.45, 2.75) is 45.1 Å². The van der Waals surface area contributed by atoms with E-state index >= 15 is 0 Å². The van der Waals surface area contributed by atoms with Crippen LogP contribution < -0.4 is 5.32 Å². The van der Waals surface area contributed by atoms with Crippen molar-refractivity contribution in [3.63, 3.8) is 0 Å². The van der Waals surface area contributed by atoms with Gasteiger partial charge in [-0.2, -0.15) is 0 Å². The van der Waals surface area contributed by atoms with Gasteiger partial charge in [-0.1, -0.05) is 6.92 Å². The Morgan fingerprint density at radius 3 is 2.36 bits per heavy atom. The minimum Gasteiger partial charge on any atom is -0.467 e. The molecule has 0 radical (unpaired) electrons. The van der Waals surface area contributed by atoms with Gasteiger partial charge in [0.1, 0.15) is 5.54 Å². The highest BCUT2D eigenvalue weighted by atomic mass is 16.6. The zero-order chi connectivity index (χ0) is 20.9. The van der Waals surface area contributed by atoms with Crippen LogP contribution in [0.25, 0.3) is 0 Å². The minimum atomic E-state index is -1.19. The van der Waals surface area contributed by atoms with Crippen LogP contribution >= 0.6 is 0 Å². The summed E-state index contributed by atoms with van der Waals surface area (Å²) in [4.78, 5) is 47.7. The molecule has 9 heteroatoms. The second-order valence-electron chi connectivity index (χ2n) is 6.96. The van der Waals surface area contributed by atoms with Gasteiger partial charge in [-0.15, -0.1) is 0 Å². The summed E-state index contributed by atoms with van der Waals surface area (Å²) in [5.41, 5.74) is -1.81. The lowest BCUT2D eigenvalue weighted by molar-refractivity contribution is -0.384. The van der Waals surface area contributed by atoms with E-state index in [1.54, 1.807) is 6.92 Å². The largest absolute Gasteiger partial charge is 0.467 e. The topological polar surface area (TPSA) is 125 Å². The molecule has 9 nitrogen and oxygen atoms in total. The zero-order valence-electron chi connectivity index (χ0n) is 16.1. The Morgan fingerprint density at radius 2 is 1.82 bits per heavy atom. The first-order chi connectivity index (χ1) is 13.2. The van der Waals surface area contributed by atoms with E-state index < -0.39 is 34.0 Å². The average molecular weight is 392 g/mol. The number of nitrogens with one attached hydrogen (secondary N) is 1. The number of nitro benzene ring substituents is 1. The first-order valence-electron chi connectivity index (χ1n) is 9.10. The van der Waals surface area contributed by atoms with Gasteiger partial charge in [0.15, 0.2) is 0 Å². The molecule has 1 aliphatic rings. The number of benzene rings is 1. The molecule has 0 saturated heterocycles. The molecule has 0 spiro atoms. The van der Waals surface area contributed by atoms with E-state index in [0.717, 1.165) is 25.0 Å². The van der Waals surface area contributed by atoms with Crippen molar-refractivity contribution >= 4 is 23.5 Å². The van der Waals surface area contributed by atoms with E-state index in [1.165, 1.54) is 13.2 Å². The normalized spacial score (nSPS) is 21.5. The highest BCUT2D eigenvalue weighted by Crippen LogP contribution is 2.33. The maximum Gasteiger partial charge on any atom is 0.338 e. The molecule has 1 saturated carbocycles. The maximum atomic E-state index is 12.8. The van der Waals surface area contributed by atoms with Gasteiger partial charge in [-0.3, -0.25) is 14.9 Å². The zero-order valence-corrected chi connectivity index (χ0v) is 16.1. The molecule has 2 rings (SSSR count). The summed E-state index contributed by atoms with van der Waals surface area (Å²) in [6, 6.07) is 3.33. The van der Waals surface area contributed by atoms with E-state index in [2.05, 4.69) is 12.2 Å². The second-order valence-corrected chi connectivity index (χ2v) is 6.96. The lowest BCUT2D eigenvalue weighted by Crippen LogP contribution is -2.56. The maximum absolute atomic E-state index is 12.8. The summed E-state index contributed by atoms with van der Waals surface area (Å²) in [5.74, 6) is -1.59. The number of carbonyl (C=O) groups excluding carboxylic acids is 3. The van der Waals surface area contributed by atoms with Crippen molar-refractivity contribution in [1.82, 2.24) is 5.32 Å². The van der Waals surface area contributed by atoms with E-state index in [1.807, 2.05) is 0 Å². The van der Waals surface area contributed by atoms with E-state index in [0.29, 0.717) is 18.8 Å². The molecule has 0 heterocycles. The van der Waals surface area contributed by atoms with Crippen molar-refractivity contribution in [2.75, 3.05) is 13.7 Å². The van der Waals surface area contributed by atoms with Gasteiger partial charge >= 0.3 is 11.9 Å². The fraction of sp³-hybridized carbons (Fsp3) is 0.526. The number of methoxy groups -OCH3 is 1. The van der Waals surface area contributed by atoms with Crippen molar-refractivity contribution in [2.24, 2.45) is 5.92 Å². The minimum absolute atomic E-state index is 0.0900. The molecule has 1 amide bonds. The van der Waals surface area contributed by atoms with Crippen LogP contribution in [0, 0.1) is 16.0 Å². The first kappa shape index (κ1) is 21.3. The molecule has 0 unspecified atom stereocenters. The third kappa shape index (κ3) is 4.65. The van der Waals surface area contributed by atoms with Crippen molar-refractivity contribution in [3.8, 4) is 0 Å². The summed E-state index contributed by atoms with van der Waals surface area (Å²) >= 11 is 0. The molecular weight excluding hydrogens is 368 g/mol. The van der Waals surface area contributed by atoms with E-state index in [4.69, 9.17) is 9.47 Å². The third-order valence-corrected chi connectivity index (χ3v) is 4.96. The number of hydrogen-bond acceptors (Lipinski definition) is 7. The van der Waals surface area contributed by atoms with Crippen LogP contribution in [-0.2, 0) is 14.3 Å². The quantitative estimate of drug-likeness (QED) is 0.448. The number of amides is 1. The van der Waals surface area contributed by atoms with Crippen LogP contribution in [0.4, 0.5) is 5.69 Å². The predicted octanol–water partition coefficient (Wildman–Crippen LogP) is 2.62. The number of nitro groups is 1. The van der Waals surface area contributed by atoms with Crippen molar-refractivity contribution in [3.05, 3.63) is 39.4 Å². The molecule has 1 aromatic rings. The Bertz CT molecular complexity index is 782. The van der Waals surface area contributed by atoms with Crippen LogP contribution in [0.15, 0.2) is 18.2 Å². The molecular formula is C19H24N2O7. The Morgan fingerprint density at radius 1 is 1.21 bits per heavy atom. The fourth-order valence-corrected chi connectivity index (χ4v) is 3.30. The Hall–Kier alpha value is -2.97. The molecule has 1 aliphatic carbocycles. The summed E-state index contributed by atoms with van der Waals surface area (Å²) in [7, 11) is 1.25. The summed E-state index contributed by atoms with van der Waals surface area (Å²) in [5, 5.41) is 13.9. The van der Waals surface area contributed by atoms with Crippen molar-refractivity contribution < 1.29 is 28.8 Å².